The summed E-state index contributed by atoms with van der Waals surface area (Å²) in [6.45, 7) is 4.72. The molecule has 11 aromatic carbocycles. The number of anilines is 6. The van der Waals surface area contributed by atoms with Crippen LogP contribution >= 0.6 is 0 Å². The molecule has 13 rings (SSSR count). The maximum Gasteiger partial charge on any atom is 0.0541 e. The lowest BCUT2D eigenvalue weighted by atomic mass is 9.82. The van der Waals surface area contributed by atoms with Crippen molar-refractivity contribution in [1.29, 1.82) is 0 Å². The smallest absolute Gasteiger partial charge is 0.0541 e. The molecule has 3 nitrogen and oxygen atoms in total. The molecule has 0 bridgehead atoms. The van der Waals surface area contributed by atoms with E-state index in [1.807, 2.05) is 0 Å². The Bertz CT molecular complexity index is 3900. The average Bonchev–Trinajstić information content (AvgIpc) is 3.87. The summed E-state index contributed by atoms with van der Waals surface area (Å²) < 4.78 is 2.45. The molecule has 1 aliphatic rings. The molecule has 0 saturated heterocycles. The second-order valence-corrected chi connectivity index (χ2v) is 18.9. The first-order valence-electron chi connectivity index (χ1n) is 24.3. The number of aromatic nitrogens is 1. The van der Waals surface area contributed by atoms with Gasteiger partial charge in [-0.15, -0.1) is 0 Å². The molecule has 332 valence electrons. The minimum absolute atomic E-state index is 0.147. The topological polar surface area (TPSA) is 11.4 Å². The highest BCUT2D eigenvalue weighted by atomic mass is 15.2. The van der Waals surface area contributed by atoms with E-state index in [4.69, 9.17) is 0 Å². The van der Waals surface area contributed by atoms with Gasteiger partial charge in [-0.2, -0.15) is 0 Å². The molecule has 0 N–H and O–H groups in total. The molecule has 70 heavy (non-hydrogen) atoms. The summed E-state index contributed by atoms with van der Waals surface area (Å²) in [5.74, 6) is 0. The molecule has 1 heterocycles. The average molecular weight is 896 g/mol. The summed E-state index contributed by atoms with van der Waals surface area (Å²) in [7, 11) is 0. The Morgan fingerprint density at radius 2 is 0.857 bits per heavy atom. The van der Waals surface area contributed by atoms with Crippen LogP contribution in [-0.4, -0.2) is 4.57 Å². The van der Waals surface area contributed by atoms with Gasteiger partial charge in [-0.3, -0.25) is 0 Å². The molecule has 3 heteroatoms. The lowest BCUT2D eigenvalue weighted by Gasteiger charge is -2.31. The first kappa shape index (κ1) is 41.3. The third-order valence-electron chi connectivity index (χ3n) is 14.6. The number of hydrogen-bond donors (Lipinski definition) is 0. The molecular formula is C67H49N3. The molecule has 0 aliphatic heterocycles. The summed E-state index contributed by atoms with van der Waals surface area (Å²) in [6.07, 6.45) is 0. The molecule has 0 amide bonds. The first-order valence-corrected chi connectivity index (χ1v) is 24.3. The van der Waals surface area contributed by atoms with E-state index in [0.717, 1.165) is 45.3 Å². The van der Waals surface area contributed by atoms with Crippen LogP contribution in [0.15, 0.2) is 261 Å². The van der Waals surface area contributed by atoms with Gasteiger partial charge in [-0.05, 0) is 135 Å². The van der Waals surface area contributed by atoms with E-state index in [9.17, 15) is 0 Å². The van der Waals surface area contributed by atoms with Crippen molar-refractivity contribution < 1.29 is 0 Å². The summed E-state index contributed by atoms with van der Waals surface area (Å²) >= 11 is 0. The van der Waals surface area contributed by atoms with Crippen LogP contribution in [0.1, 0.15) is 25.0 Å². The van der Waals surface area contributed by atoms with Gasteiger partial charge < -0.3 is 14.4 Å². The second-order valence-electron chi connectivity index (χ2n) is 18.9. The molecule has 0 spiro atoms. The SMILES string of the molecule is CC1(C)c2ccccc2-c2ccc(N(c3ccccc3)c3ccc(N(c4ccccc4)c4ccc(-c5ccccc5)cc4)c(-c4ccc5c(c4)c4ccccc4n5-c4cccc5ccccc45)c3)cc21. The zero-order valence-electron chi connectivity index (χ0n) is 39.2. The summed E-state index contributed by atoms with van der Waals surface area (Å²) in [5, 5.41) is 4.87. The van der Waals surface area contributed by atoms with E-state index in [-0.39, 0.29) is 5.41 Å². The zero-order chi connectivity index (χ0) is 46.8. The summed E-state index contributed by atoms with van der Waals surface area (Å²) in [4.78, 5) is 4.85. The third-order valence-corrected chi connectivity index (χ3v) is 14.6. The van der Waals surface area contributed by atoms with E-state index in [1.54, 1.807) is 0 Å². The summed E-state index contributed by atoms with van der Waals surface area (Å²) in [6, 6.07) is 95.5. The molecule has 0 fully saturated rings. The maximum atomic E-state index is 2.45. The first-order chi connectivity index (χ1) is 34.5. The van der Waals surface area contributed by atoms with Gasteiger partial charge in [0.1, 0.15) is 0 Å². The molecule has 1 aliphatic carbocycles. The van der Waals surface area contributed by atoms with Gasteiger partial charge >= 0.3 is 0 Å². The Labute approximate surface area is 409 Å². The van der Waals surface area contributed by atoms with Crippen molar-refractivity contribution >= 4 is 66.7 Å². The third kappa shape index (κ3) is 6.81. The fraction of sp³-hybridized carbons (Fsp3) is 0.0448. The van der Waals surface area contributed by atoms with Crippen molar-refractivity contribution in [1.82, 2.24) is 4.57 Å². The van der Waals surface area contributed by atoms with Crippen LogP contribution in [0.4, 0.5) is 34.1 Å². The lowest BCUT2D eigenvalue weighted by Crippen LogP contribution is -2.17. The predicted octanol–water partition coefficient (Wildman–Crippen LogP) is 18.5. The number of rotatable bonds is 9. The van der Waals surface area contributed by atoms with Crippen molar-refractivity contribution in [3.05, 3.63) is 272 Å². The van der Waals surface area contributed by atoms with Gasteiger partial charge in [-0.1, -0.05) is 184 Å². The van der Waals surface area contributed by atoms with E-state index in [0.29, 0.717) is 0 Å². The molecule has 0 saturated carbocycles. The van der Waals surface area contributed by atoms with Crippen LogP contribution in [0.3, 0.4) is 0 Å². The number of para-hydroxylation sites is 3. The quantitative estimate of drug-likeness (QED) is 0.143. The second kappa shape index (κ2) is 16.7. The van der Waals surface area contributed by atoms with E-state index < -0.39 is 0 Å². The molecule has 0 unspecified atom stereocenters. The van der Waals surface area contributed by atoms with Gasteiger partial charge in [0.2, 0.25) is 0 Å². The fourth-order valence-electron chi connectivity index (χ4n) is 11.2. The van der Waals surface area contributed by atoms with Crippen LogP contribution in [0, 0.1) is 0 Å². The lowest BCUT2D eigenvalue weighted by molar-refractivity contribution is 0.660. The fourth-order valence-corrected chi connectivity index (χ4v) is 11.2. The zero-order valence-corrected chi connectivity index (χ0v) is 39.2. The van der Waals surface area contributed by atoms with Crippen LogP contribution in [0.5, 0.6) is 0 Å². The van der Waals surface area contributed by atoms with Crippen LogP contribution < -0.4 is 9.80 Å². The Hall–Kier alpha value is -8.92. The van der Waals surface area contributed by atoms with Gasteiger partial charge in [-0.25, -0.2) is 0 Å². The van der Waals surface area contributed by atoms with Gasteiger partial charge in [0.05, 0.1) is 22.4 Å². The Balaban J connectivity index is 1.05. The number of benzene rings is 11. The van der Waals surface area contributed by atoms with Crippen LogP contribution in [0.25, 0.3) is 71.6 Å². The van der Waals surface area contributed by atoms with Gasteiger partial charge in [0.25, 0.3) is 0 Å². The highest BCUT2D eigenvalue weighted by Crippen LogP contribution is 2.52. The van der Waals surface area contributed by atoms with E-state index >= 15 is 0 Å². The monoisotopic (exact) mass is 895 g/mol. The van der Waals surface area contributed by atoms with Crippen molar-refractivity contribution in [2.75, 3.05) is 9.80 Å². The number of nitrogens with zero attached hydrogens (tertiary/aromatic N) is 3. The van der Waals surface area contributed by atoms with Crippen molar-refractivity contribution in [3.63, 3.8) is 0 Å². The minimum atomic E-state index is -0.147. The normalized spacial score (nSPS) is 12.5. The molecule has 0 atom stereocenters. The van der Waals surface area contributed by atoms with Crippen molar-refractivity contribution in [3.8, 4) is 39.1 Å². The van der Waals surface area contributed by atoms with Crippen molar-refractivity contribution in [2.24, 2.45) is 0 Å². The molecule has 1 aromatic heterocycles. The molecule has 0 radical (unpaired) electrons. The predicted molar refractivity (Wildman–Crippen MR) is 296 cm³/mol. The Kier molecular flexibility index (Phi) is 9.85. The molecule has 12 aromatic rings. The van der Waals surface area contributed by atoms with E-state index in [2.05, 4.69) is 289 Å². The molecular weight excluding hydrogens is 847 g/mol. The van der Waals surface area contributed by atoms with Gasteiger partial charge in [0, 0.05) is 55.6 Å². The summed E-state index contributed by atoms with van der Waals surface area (Å²) in [5.41, 5.74) is 19.9. The standard InChI is InChI=1S/C67H49N3/c1-67(2)61-30-16-14-28-56(61)57-40-38-54(45-62(57)67)68(50-23-8-4-9-24-50)53-39-42-65(69(51-25-10-5-11-26-51)52-36-33-47(34-37-52)46-19-6-3-7-20-46)59(44-53)49-35-41-66-60(43-49)58-29-15-17-31-64(58)70(66)63-32-18-22-48-21-12-13-27-55(48)63/h3-45H,1-2H3. The van der Waals surface area contributed by atoms with Crippen LogP contribution in [0.2, 0.25) is 0 Å². The van der Waals surface area contributed by atoms with Crippen molar-refractivity contribution in [2.45, 2.75) is 19.3 Å². The van der Waals surface area contributed by atoms with E-state index in [1.165, 1.54) is 71.6 Å². The Morgan fingerprint density at radius 3 is 1.64 bits per heavy atom. The number of hydrogen-bond acceptors (Lipinski definition) is 2. The number of fused-ring (bicyclic) bond motifs is 7. The highest BCUT2D eigenvalue weighted by Gasteiger charge is 2.36. The van der Waals surface area contributed by atoms with Crippen LogP contribution in [-0.2, 0) is 5.41 Å². The minimum Gasteiger partial charge on any atom is -0.310 e. The maximum absolute atomic E-state index is 2.45. The largest absolute Gasteiger partial charge is 0.310 e. The highest BCUT2D eigenvalue weighted by molar-refractivity contribution is 6.12. The Morgan fingerprint density at radius 1 is 0.314 bits per heavy atom. The van der Waals surface area contributed by atoms with Gasteiger partial charge in [0.15, 0.2) is 0 Å².